The average molecular weight is 341 g/mol. The van der Waals surface area contributed by atoms with Crippen molar-refractivity contribution < 1.29 is 4.79 Å². The van der Waals surface area contributed by atoms with Crippen LogP contribution in [0.2, 0.25) is 0 Å². The van der Waals surface area contributed by atoms with Crippen molar-refractivity contribution in [2.24, 2.45) is 0 Å². The van der Waals surface area contributed by atoms with E-state index in [1.807, 2.05) is 28.2 Å². The van der Waals surface area contributed by atoms with Crippen molar-refractivity contribution in [1.29, 1.82) is 0 Å². The molecule has 2 fully saturated rings. The Morgan fingerprint density at radius 3 is 2.68 bits per heavy atom. The normalized spacial score (nSPS) is 21.6. The van der Waals surface area contributed by atoms with Crippen LogP contribution < -0.4 is 0 Å². The lowest BCUT2D eigenvalue weighted by atomic mass is 10.0. The van der Waals surface area contributed by atoms with E-state index in [4.69, 9.17) is 5.10 Å². The summed E-state index contributed by atoms with van der Waals surface area (Å²) in [5, 5.41) is 4.78. The van der Waals surface area contributed by atoms with Crippen LogP contribution in [0.1, 0.15) is 74.6 Å². The molecule has 3 heterocycles. The summed E-state index contributed by atoms with van der Waals surface area (Å²) in [5.41, 5.74) is 1.62. The Bertz CT molecular complexity index is 751. The van der Waals surface area contributed by atoms with E-state index in [-0.39, 0.29) is 11.4 Å². The monoisotopic (exact) mass is 341 g/mol. The van der Waals surface area contributed by atoms with E-state index < -0.39 is 0 Å². The SMILES string of the molecule is CC(C)(C)n1nc(C2CC2)cc1C(=O)N1CCCC(n2ccnc2)C1. The quantitative estimate of drug-likeness (QED) is 0.861. The Labute approximate surface area is 148 Å². The number of rotatable bonds is 3. The Morgan fingerprint density at radius 1 is 1.24 bits per heavy atom. The molecule has 2 aliphatic rings. The molecule has 6 heteroatoms. The second-order valence-electron chi connectivity index (χ2n) is 8.37. The molecule has 2 aromatic rings. The van der Waals surface area contributed by atoms with Gasteiger partial charge in [-0.1, -0.05) is 0 Å². The van der Waals surface area contributed by atoms with E-state index in [2.05, 4.69) is 30.3 Å². The Hall–Kier alpha value is -2.11. The summed E-state index contributed by atoms with van der Waals surface area (Å²) in [6, 6.07) is 2.35. The molecule has 0 aromatic carbocycles. The number of piperidine rings is 1. The van der Waals surface area contributed by atoms with Gasteiger partial charge in [0.25, 0.3) is 5.91 Å². The smallest absolute Gasteiger partial charge is 0.272 e. The largest absolute Gasteiger partial charge is 0.335 e. The molecule has 134 valence electrons. The van der Waals surface area contributed by atoms with Crippen molar-refractivity contribution in [3.63, 3.8) is 0 Å². The first kappa shape index (κ1) is 16.4. The fraction of sp³-hybridized carbons (Fsp3) is 0.632. The summed E-state index contributed by atoms with van der Waals surface area (Å²) in [4.78, 5) is 19.4. The van der Waals surface area contributed by atoms with E-state index >= 15 is 0 Å². The predicted molar refractivity (Wildman–Crippen MR) is 95.6 cm³/mol. The zero-order chi connectivity index (χ0) is 17.6. The second kappa shape index (κ2) is 6.00. The summed E-state index contributed by atoms with van der Waals surface area (Å²) in [5.74, 6) is 0.661. The molecule has 2 aromatic heterocycles. The molecule has 1 atom stereocenters. The lowest BCUT2D eigenvalue weighted by Gasteiger charge is -2.34. The van der Waals surface area contributed by atoms with Crippen LogP contribution in [0.4, 0.5) is 0 Å². The van der Waals surface area contributed by atoms with Gasteiger partial charge in [-0.05, 0) is 52.5 Å². The summed E-state index contributed by atoms with van der Waals surface area (Å²) < 4.78 is 4.06. The number of amides is 1. The van der Waals surface area contributed by atoms with Crippen molar-refractivity contribution in [2.45, 2.75) is 64.0 Å². The van der Waals surface area contributed by atoms with Gasteiger partial charge in [0, 0.05) is 31.4 Å². The van der Waals surface area contributed by atoms with E-state index in [1.165, 1.54) is 12.8 Å². The number of hydrogen-bond donors (Lipinski definition) is 0. The first-order valence-corrected chi connectivity index (χ1v) is 9.30. The highest BCUT2D eigenvalue weighted by atomic mass is 16.2. The van der Waals surface area contributed by atoms with Crippen LogP contribution >= 0.6 is 0 Å². The van der Waals surface area contributed by atoms with Crippen molar-refractivity contribution in [3.8, 4) is 0 Å². The van der Waals surface area contributed by atoms with Crippen LogP contribution in [0.3, 0.4) is 0 Å². The van der Waals surface area contributed by atoms with E-state index in [9.17, 15) is 4.79 Å². The van der Waals surface area contributed by atoms with Gasteiger partial charge in [-0.25, -0.2) is 4.98 Å². The Kier molecular flexibility index (Phi) is 3.93. The minimum atomic E-state index is -0.197. The fourth-order valence-corrected chi connectivity index (χ4v) is 3.67. The van der Waals surface area contributed by atoms with Crippen LogP contribution in [-0.2, 0) is 5.54 Å². The fourth-order valence-electron chi connectivity index (χ4n) is 3.67. The van der Waals surface area contributed by atoms with Gasteiger partial charge in [0.2, 0.25) is 0 Å². The summed E-state index contributed by atoms with van der Waals surface area (Å²) in [6.45, 7) is 7.88. The predicted octanol–water partition coefficient (Wildman–Crippen LogP) is 3.19. The number of hydrogen-bond acceptors (Lipinski definition) is 3. The molecule has 4 rings (SSSR count). The van der Waals surface area contributed by atoms with E-state index in [1.54, 1.807) is 6.20 Å². The Balaban J connectivity index is 1.59. The molecule has 25 heavy (non-hydrogen) atoms. The summed E-state index contributed by atoms with van der Waals surface area (Å²) in [7, 11) is 0. The lowest BCUT2D eigenvalue weighted by molar-refractivity contribution is 0.0659. The minimum absolute atomic E-state index is 0.110. The highest BCUT2D eigenvalue weighted by Gasteiger charge is 2.34. The molecular formula is C19H27N5O. The van der Waals surface area contributed by atoms with Crippen LogP contribution in [0.15, 0.2) is 24.8 Å². The van der Waals surface area contributed by atoms with Crippen LogP contribution in [-0.4, -0.2) is 43.2 Å². The van der Waals surface area contributed by atoms with Gasteiger partial charge in [-0.2, -0.15) is 5.10 Å². The van der Waals surface area contributed by atoms with Gasteiger partial charge in [0.1, 0.15) is 5.69 Å². The number of aromatic nitrogens is 4. The van der Waals surface area contributed by atoms with E-state index in [0.29, 0.717) is 12.0 Å². The molecular weight excluding hydrogens is 314 g/mol. The molecule has 1 aliphatic carbocycles. The number of carbonyl (C=O) groups is 1. The van der Waals surface area contributed by atoms with Crippen LogP contribution in [0.25, 0.3) is 0 Å². The van der Waals surface area contributed by atoms with Crippen molar-refractivity contribution in [2.75, 3.05) is 13.1 Å². The number of imidazole rings is 1. The van der Waals surface area contributed by atoms with Crippen LogP contribution in [0.5, 0.6) is 0 Å². The number of likely N-dealkylation sites (tertiary alicyclic amines) is 1. The first-order chi connectivity index (χ1) is 11.9. The zero-order valence-electron chi connectivity index (χ0n) is 15.4. The minimum Gasteiger partial charge on any atom is -0.335 e. The summed E-state index contributed by atoms with van der Waals surface area (Å²) in [6.07, 6.45) is 10.1. The van der Waals surface area contributed by atoms with E-state index in [0.717, 1.165) is 37.3 Å². The molecule has 0 bridgehead atoms. The maximum absolute atomic E-state index is 13.3. The van der Waals surface area contributed by atoms with Crippen LogP contribution in [0, 0.1) is 0 Å². The zero-order valence-corrected chi connectivity index (χ0v) is 15.4. The standard InChI is InChI=1S/C19H27N5O/c1-19(2,3)24-17(11-16(21-24)14-6-7-14)18(25)22-9-4-5-15(12-22)23-10-8-20-13-23/h8,10-11,13-15H,4-7,9,12H2,1-3H3. The molecule has 6 nitrogen and oxygen atoms in total. The van der Waals surface area contributed by atoms with Crippen molar-refractivity contribution in [1.82, 2.24) is 24.2 Å². The molecule has 1 aliphatic heterocycles. The average Bonchev–Trinajstić information content (AvgIpc) is 3.12. The highest BCUT2D eigenvalue weighted by molar-refractivity contribution is 5.93. The van der Waals surface area contributed by atoms with Gasteiger partial charge in [0.15, 0.2) is 0 Å². The maximum Gasteiger partial charge on any atom is 0.272 e. The molecule has 1 amide bonds. The summed E-state index contributed by atoms with van der Waals surface area (Å²) >= 11 is 0. The third-order valence-corrected chi connectivity index (χ3v) is 5.21. The third-order valence-electron chi connectivity index (χ3n) is 5.21. The molecule has 1 saturated heterocycles. The Morgan fingerprint density at radius 2 is 2.04 bits per heavy atom. The third kappa shape index (κ3) is 3.22. The maximum atomic E-state index is 13.3. The number of carbonyl (C=O) groups excluding carboxylic acids is 1. The first-order valence-electron chi connectivity index (χ1n) is 9.30. The second-order valence-corrected chi connectivity index (χ2v) is 8.37. The highest BCUT2D eigenvalue weighted by Crippen LogP contribution is 2.40. The van der Waals surface area contributed by atoms with Gasteiger partial charge in [-0.15, -0.1) is 0 Å². The molecule has 1 unspecified atom stereocenters. The van der Waals surface area contributed by atoms with Gasteiger partial charge >= 0.3 is 0 Å². The van der Waals surface area contributed by atoms with Gasteiger partial charge < -0.3 is 9.47 Å². The molecule has 0 N–H and O–H groups in total. The number of nitrogens with zero attached hydrogens (tertiary/aromatic N) is 5. The van der Waals surface area contributed by atoms with Crippen molar-refractivity contribution >= 4 is 5.91 Å². The topological polar surface area (TPSA) is 56.0 Å². The molecule has 0 spiro atoms. The molecule has 1 saturated carbocycles. The van der Waals surface area contributed by atoms with Crippen molar-refractivity contribution in [3.05, 3.63) is 36.2 Å². The lowest BCUT2D eigenvalue weighted by Crippen LogP contribution is -2.42. The van der Waals surface area contributed by atoms with Gasteiger partial charge in [-0.3, -0.25) is 9.48 Å². The molecule has 0 radical (unpaired) electrons. The van der Waals surface area contributed by atoms with Gasteiger partial charge in [0.05, 0.1) is 23.6 Å².